The minimum atomic E-state index is -0.633. The van der Waals surface area contributed by atoms with Crippen molar-refractivity contribution >= 4 is 45.8 Å². The molecule has 0 saturated heterocycles. The summed E-state index contributed by atoms with van der Waals surface area (Å²) in [5.41, 5.74) is 4.50. The van der Waals surface area contributed by atoms with Gasteiger partial charge in [0.2, 0.25) is 5.75 Å². The van der Waals surface area contributed by atoms with Crippen LogP contribution in [0.4, 0.5) is 11.4 Å². The second-order valence-electron chi connectivity index (χ2n) is 9.74. The number of allylic oxidation sites excluding steroid dienone is 1. The summed E-state index contributed by atoms with van der Waals surface area (Å²) in [4.78, 5) is 41.9. The van der Waals surface area contributed by atoms with Crippen LogP contribution in [0.5, 0.6) is 17.2 Å². The number of carbonyl (C=O) groups is 2. The molecule has 43 heavy (non-hydrogen) atoms. The Morgan fingerprint density at radius 1 is 0.977 bits per heavy atom. The zero-order valence-electron chi connectivity index (χ0n) is 23.8. The summed E-state index contributed by atoms with van der Waals surface area (Å²) in [5.74, 6) is -0.0749. The van der Waals surface area contributed by atoms with E-state index in [4.69, 9.17) is 23.9 Å². The number of nitrogens with one attached hydrogen (secondary N) is 1. The lowest BCUT2D eigenvalue weighted by atomic mass is 9.86. The monoisotopic (exact) mass is 583 g/mol. The maximum atomic E-state index is 13.6. The number of amides is 1. The topological polar surface area (TPSA) is 139 Å². The molecule has 220 valence electrons. The summed E-state index contributed by atoms with van der Waals surface area (Å²) < 4.78 is 21.5. The number of aromatic nitrogens is 1. The molecule has 11 nitrogen and oxygen atoms in total. The Labute approximate surface area is 247 Å². The molecule has 0 bridgehead atoms. The van der Waals surface area contributed by atoms with Crippen molar-refractivity contribution in [2.75, 3.05) is 33.3 Å². The second-order valence-corrected chi connectivity index (χ2v) is 9.74. The predicted molar refractivity (Wildman–Crippen MR) is 161 cm³/mol. The number of pyridine rings is 1. The van der Waals surface area contributed by atoms with E-state index in [0.29, 0.717) is 51.5 Å². The molecule has 0 spiro atoms. The summed E-state index contributed by atoms with van der Waals surface area (Å²) in [6.07, 6.45) is 4.03. The van der Waals surface area contributed by atoms with E-state index in [1.165, 1.54) is 33.5 Å². The summed E-state index contributed by atoms with van der Waals surface area (Å²) in [6.45, 7) is -0.521. The van der Waals surface area contributed by atoms with Crippen molar-refractivity contribution < 1.29 is 33.5 Å². The molecule has 0 saturated carbocycles. The van der Waals surface area contributed by atoms with E-state index in [1.54, 1.807) is 24.3 Å². The van der Waals surface area contributed by atoms with E-state index in [2.05, 4.69) is 5.32 Å². The smallest absolute Gasteiger partial charge is 0.339 e. The van der Waals surface area contributed by atoms with Gasteiger partial charge >= 0.3 is 5.97 Å². The number of methoxy groups -OCH3 is 3. The fourth-order valence-electron chi connectivity index (χ4n) is 5.16. The number of anilines is 1. The molecule has 0 atom stereocenters. The van der Waals surface area contributed by atoms with E-state index < -0.39 is 23.4 Å². The van der Waals surface area contributed by atoms with Gasteiger partial charge in [0, 0.05) is 35.3 Å². The summed E-state index contributed by atoms with van der Waals surface area (Å²) >= 11 is 0. The molecule has 11 heteroatoms. The highest BCUT2D eigenvalue weighted by molar-refractivity contribution is 6.07. The zero-order valence-corrected chi connectivity index (χ0v) is 23.8. The number of para-hydroxylation sites is 1. The Morgan fingerprint density at radius 3 is 2.33 bits per heavy atom. The Balaban J connectivity index is 1.42. The molecule has 0 fully saturated rings. The normalized spacial score (nSPS) is 13.2. The van der Waals surface area contributed by atoms with Crippen LogP contribution in [0.1, 0.15) is 40.0 Å². The molecule has 1 aromatic heterocycles. The van der Waals surface area contributed by atoms with Gasteiger partial charge in [-0.1, -0.05) is 18.2 Å². The highest BCUT2D eigenvalue weighted by Crippen LogP contribution is 2.40. The van der Waals surface area contributed by atoms with Gasteiger partial charge in [-0.15, -0.1) is 0 Å². The molecule has 5 rings (SSSR count). The second kappa shape index (κ2) is 12.6. The number of ether oxygens (including phenoxy) is 4. The van der Waals surface area contributed by atoms with Crippen molar-refractivity contribution in [2.45, 2.75) is 19.3 Å². The molecular weight excluding hydrogens is 554 g/mol. The molecule has 1 aliphatic carbocycles. The van der Waals surface area contributed by atoms with E-state index in [0.717, 1.165) is 29.5 Å². The van der Waals surface area contributed by atoms with E-state index in [-0.39, 0.29) is 5.69 Å². The summed E-state index contributed by atoms with van der Waals surface area (Å²) in [6, 6.07) is 16.7. The Hall–Kier alpha value is -5.45. The average molecular weight is 584 g/mol. The fourth-order valence-corrected chi connectivity index (χ4v) is 5.16. The minimum absolute atomic E-state index is 0.00893. The van der Waals surface area contributed by atoms with Crippen molar-refractivity contribution in [1.29, 1.82) is 0 Å². The van der Waals surface area contributed by atoms with Gasteiger partial charge in [0.25, 0.3) is 11.6 Å². The first-order valence-electron chi connectivity index (χ1n) is 13.5. The van der Waals surface area contributed by atoms with Crippen molar-refractivity contribution in [3.8, 4) is 17.2 Å². The molecule has 3 aromatic carbocycles. The molecule has 1 aliphatic rings. The van der Waals surface area contributed by atoms with Gasteiger partial charge in [-0.05, 0) is 60.2 Å². The maximum Gasteiger partial charge on any atom is 0.339 e. The number of benzene rings is 3. The number of rotatable bonds is 9. The number of carbonyl (C=O) groups excluding carboxylic acids is 2. The van der Waals surface area contributed by atoms with Crippen LogP contribution < -0.4 is 19.5 Å². The quantitative estimate of drug-likeness (QED) is 0.146. The highest BCUT2D eigenvalue weighted by atomic mass is 16.6. The first kappa shape index (κ1) is 29.1. The van der Waals surface area contributed by atoms with Gasteiger partial charge in [0.05, 0.1) is 43.0 Å². The fraction of sp³-hybridized carbons (Fsp3) is 0.219. The summed E-state index contributed by atoms with van der Waals surface area (Å²) in [7, 11) is 4.42. The van der Waals surface area contributed by atoms with Gasteiger partial charge in [-0.3, -0.25) is 14.9 Å². The average Bonchev–Trinajstić information content (AvgIpc) is 3.02. The molecule has 0 radical (unpaired) electrons. The first-order chi connectivity index (χ1) is 20.8. The number of fused-ring (bicyclic) bond motifs is 2. The molecule has 1 heterocycles. The third-order valence-corrected chi connectivity index (χ3v) is 7.10. The van der Waals surface area contributed by atoms with Crippen LogP contribution >= 0.6 is 0 Å². The number of esters is 1. The van der Waals surface area contributed by atoms with Crippen LogP contribution in [0, 0.1) is 10.1 Å². The standard InChI is InChI=1S/C32H29N3O8/c1-40-26-16-21(17-27(41-2)31(26)42-3)33-28(36)18-43-32(37)29-23-8-4-5-10-25(23)34-30-20(7-6-9-24(29)30)15-19-11-13-22(14-12-19)35(38)39/h4-5,8,10-17H,6-7,9,18H2,1-3H3,(H,33,36). The molecule has 4 aromatic rings. The SMILES string of the molecule is COc1cc(NC(=O)COC(=O)c2c3c(nc4ccccc24)C(=Cc2ccc([N+](=O)[O-])cc2)CCC3)cc(OC)c1OC. The molecule has 0 unspecified atom stereocenters. The Bertz CT molecular complexity index is 1720. The largest absolute Gasteiger partial charge is 0.493 e. The number of hydrogen-bond donors (Lipinski definition) is 1. The van der Waals surface area contributed by atoms with Crippen molar-refractivity contribution in [1.82, 2.24) is 4.98 Å². The number of nitro groups is 1. The van der Waals surface area contributed by atoms with Crippen molar-refractivity contribution in [3.63, 3.8) is 0 Å². The number of nitrogens with zero attached hydrogens (tertiary/aromatic N) is 2. The van der Waals surface area contributed by atoms with Gasteiger partial charge in [-0.25, -0.2) is 9.78 Å². The van der Waals surface area contributed by atoms with E-state index in [9.17, 15) is 19.7 Å². The molecule has 0 aliphatic heterocycles. The van der Waals surface area contributed by atoms with Crippen LogP contribution in [0.2, 0.25) is 0 Å². The maximum absolute atomic E-state index is 13.6. The number of nitro benzene ring substituents is 1. The number of hydrogen-bond acceptors (Lipinski definition) is 9. The third-order valence-electron chi connectivity index (χ3n) is 7.10. The van der Waals surface area contributed by atoms with Gasteiger partial charge < -0.3 is 24.3 Å². The first-order valence-corrected chi connectivity index (χ1v) is 13.5. The number of non-ortho nitro benzene ring substituents is 1. The van der Waals surface area contributed by atoms with Crippen LogP contribution in [0.15, 0.2) is 60.7 Å². The van der Waals surface area contributed by atoms with Crippen LogP contribution in [-0.4, -0.2) is 49.7 Å². The Kier molecular flexibility index (Phi) is 8.51. The molecule has 1 N–H and O–H groups in total. The lowest BCUT2D eigenvalue weighted by Crippen LogP contribution is -2.22. The molecular formula is C32H29N3O8. The van der Waals surface area contributed by atoms with Gasteiger partial charge in [0.15, 0.2) is 18.1 Å². The van der Waals surface area contributed by atoms with Crippen LogP contribution in [0.25, 0.3) is 22.6 Å². The molecule has 1 amide bonds. The van der Waals surface area contributed by atoms with Crippen molar-refractivity contribution in [3.05, 3.63) is 93.2 Å². The van der Waals surface area contributed by atoms with Gasteiger partial charge in [0.1, 0.15) is 0 Å². The Morgan fingerprint density at radius 2 is 1.67 bits per heavy atom. The predicted octanol–water partition coefficient (Wildman–Crippen LogP) is 5.84. The van der Waals surface area contributed by atoms with Crippen LogP contribution in [-0.2, 0) is 16.0 Å². The van der Waals surface area contributed by atoms with Crippen LogP contribution in [0.3, 0.4) is 0 Å². The zero-order chi connectivity index (χ0) is 30.5. The van der Waals surface area contributed by atoms with Crippen molar-refractivity contribution in [2.24, 2.45) is 0 Å². The third kappa shape index (κ3) is 6.10. The lowest BCUT2D eigenvalue weighted by molar-refractivity contribution is -0.384. The minimum Gasteiger partial charge on any atom is -0.493 e. The van der Waals surface area contributed by atoms with E-state index in [1.807, 2.05) is 30.3 Å². The van der Waals surface area contributed by atoms with E-state index >= 15 is 0 Å². The van der Waals surface area contributed by atoms with Gasteiger partial charge in [-0.2, -0.15) is 0 Å². The highest BCUT2D eigenvalue weighted by Gasteiger charge is 2.26. The lowest BCUT2D eigenvalue weighted by Gasteiger charge is -2.22. The summed E-state index contributed by atoms with van der Waals surface area (Å²) in [5, 5.41) is 14.4.